The quantitative estimate of drug-likeness (QED) is 0.716. The minimum absolute atomic E-state index is 0.0885. The molecule has 0 fully saturated rings. The molecule has 0 aliphatic heterocycles. The number of carboxylic acid groups (broad SMARTS) is 1. The number of benzene rings is 1. The Morgan fingerprint density at radius 2 is 1.95 bits per heavy atom. The van der Waals surface area contributed by atoms with Gasteiger partial charge in [-0.05, 0) is 63.4 Å². The van der Waals surface area contributed by atoms with E-state index in [9.17, 15) is 9.90 Å². The summed E-state index contributed by atoms with van der Waals surface area (Å²) in [6.07, 6.45) is 3.01. The van der Waals surface area contributed by atoms with Crippen LogP contribution in [0.3, 0.4) is 0 Å². The van der Waals surface area contributed by atoms with Crippen LogP contribution in [0.5, 0.6) is 5.75 Å². The van der Waals surface area contributed by atoms with E-state index >= 15 is 0 Å². The third-order valence-corrected chi connectivity index (χ3v) is 3.91. The summed E-state index contributed by atoms with van der Waals surface area (Å²) in [5, 5.41) is 18.9. The van der Waals surface area contributed by atoms with Crippen LogP contribution in [0, 0.1) is 13.8 Å². The first kappa shape index (κ1) is 16.1. The zero-order valence-electron chi connectivity index (χ0n) is 13.0. The highest BCUT2D eigenvalue weighted by Gasteiger charge is 2.14. The lowest BCUT2D eigenvalue weighted by atomic mass is 10.1. The Morgan fingerprint density at radius 3 is 2.55 bits per heavy atom. The second-order valence-electron chi connectivity index (χ2n) is 5.48. The van der Waals surface area contributed by atoms with E-state index in [-0.39, 0.29) is 11.3 Å². The Labute approximate surface area is 130 Å². The van der Waals surface area contributed by atoms with Crippen LogP contribution in [-0.2, 0) is 6.42 Å². The monoisotopic (exact) mass is 302 g/mol. The molecule has 0 amide bonds. The molecule has 2 aromatic rings. The number of aromatic carboxylic acids is 1. The van der Waals surface area contributed by atoms with Crippen molar-refractivity contribution < 1.29 is 15.0 Å². The number of carboxylic acids is 1. The van der Waals surface area contributed by atoms with Gasteiger partial charge in [-0.2, -0.15) is 0 Å². The number of phenols is 1. The predicted octanol–water partition coefficient (Wildman–Crippen LogP) is 2.78. The SMILES string of the molecule is Cc1cc(CCCCN)c(C)n1-c1ccc(C(=O)O)c(O)c1. The lowest BCUT2D eigenvalue weighted by Crippen LogP contribution is -2.03. The number of rotatable bonds is 6. The fourth-order valence-corrected chi connectivity index (χ4v) is 2.78. The third-order valence-electron chi connectivity index (χ3n) is 3.91. The van der Waals surface area contributed by atoms with Gasteiger partial charge in [0.05, 0.1) is 0 Å². The predicted molar refractivity (Wildman–Crippen MR) is 85.9 cm³/mol. The molecular formula is C17H22N2O3. The molecule has 0 aliphatic carbocycles. The standard InChI is InChI=1S/C17H22N2O3/c1-11-9-13(5-3-4-8-18)12(2)19(11)14-6-7-15(17(21)22)16(20)10-14/h6-7,9-10,20H,3-5,8,18H2,1-2H3,(H,21,22). The molecule has 0 saturated heterocycles. The van der Waals surface area contributed by atoms with Crippen molar-refractivity contribution in [2.75, 3.05) is 6.54 Å². The summed E-state index contributed by atoms with van der Waals surface area (Å²) in [6, 6.07) is 6.77. The molecule has 22 heavy (non-hydrogen) atoms. The van der Waals surface area contributed by atoms with Crippen molar-refractivity contribution in [2.45, 2.75) is 33.1 Å². The minimum atomic E-state index is -1.13. The number of aromatic nitrogens is 1. The van der Waals surface area contributed by atoms with Crippen LogP contribution in [0.15, 0.2) is 24.3 Å². The van der Waals surface area contributed by atoms with Gasteiger partial charge in [-0.15, -0.1) is 0 Å². The van der Waals surface area contributed by atoms with Crippen molar-refractivity contribution in [3.63, 3.8) is 0 Å². The van der Waals surface area contributed by atoms with E-state index in [0.717, 1.165) is 36.3 Å². The number of carbonyl (C=O) groups is 1. The van der Waals surface area contributed by atoms with Gasteiger partial charge in [0.2, 0.25) is 0 Å². The van der Waals surface area contributed by atoms with Gasteiger partial charge < -0.3 is 20.5 Å². The molecule has 118 valence electrons. The highest BCUT2D eigenvalue weighted by molar-refractivity contribution is 5.91. The van der Waals surface area contributed by atoms with Gasteiger partial charge in [0, 0.05) is 23.1 Å². The molecule has 1 aromatic carbocycles. The maximum atomic E-state index is 11.0. The molecule has 0 spiro atoms. The van der Waals surface area contributed by atoms with Gasteiger partial charge in [0.15, 0.2) is 0 Å². The highest BCUT2D eigenvalue weighted by Crippen LogP contribution is 2.26. The lowest BCUT2D eigenvalue weighted by Gasteiger charge is -2.11. The number of aryl methyl sites for hydroxylation is 2. The molecule has 2 rings (SSSR count). The first-order chi connectivity index (χ1) is 10.5. The maximum Gasteiger partial charge on any atom is 0.339 e. The number of unbranched alkanes of at least 4 members (excludes halogenated alkanes) is 1. The average molecular weight is 302 g/mol. The van der Waals surface area contributed by atoms with Crippen molar-refractivity contribution in [1.29, 1.82) is 0 Å². The van der Waals surface area contributed by atoms with Crippen LogP contribution in [0.2, 0.25) is 0 Å². The van der Waals surface area contributed by atoms with Crippen LogP contribution < -0.4 is 5.73 Å². The van der Waals surface area contributed by atoms with Crippen LogP contribution in [0.1, 0.15) is 40.2 Å². The summed E-state index contributed by atoms with van der Waals surface area (Å²) < 4.78 is 2.03. The van der Waals surface area contributed by atoms with E-state index in [4.69, 9.17) is 10.8 Å². The number of hydrogen-bond acceptors (Lipinski definition) is 3. The first-order valence-electron chi connectivity index (χ1n) is 7.40. The summed E-state index contributed by atoms with van der Waals surface area (Å²) in [7, 11) is 0. The fourth-order valence-electron chi connectivity index (χ4n) is 2.78. The zero-order chi connectivity index (χ0) is 16.3. The second-order valence-corrected chi connectivity index (χ2v) is 5.48. The average Bonchev–Trinajstić information content (AvgIpc) is 2.73. The molecule has 0 atom stereocenters. The Kier molecular flexibility index (Phi) is 4.88. The molecule has 5 heteroatoms. The highest BCUT2D eigenvalue weighted by atomic mass is 16.4. The van der Waals surface area contributed by atoms with Crippen molar-refractivity contribution in [3.05, 3.63) is 46.8 Å². The van der Waals surface area contributed by atoms with Crippen molar-refractivity contribution in [1.82, 2.24) is 4.57 Å². The van der Waals surface area contributed by atoms with E-state index in [1.807, 2.05) is 18.4 Å². The Morgan fingerprint density at radius 1 is 1.23 bits per heavy atom. The van der Waals surface area contributed by atoms with Crippen molar-refractivity contribution in [3.8, 4) is 11.4 Å². The fraction of sp³-hybridized carbons (Fsp3) is 0.353. The van der Waals surface area contributed by atoms with E-state index in [2.05, 4.69) is 6.07 Å². The third kappa shape index (κ3) is 3.14. The molecule has 5 nitrogen and oxygen atoms in total. The molecule has 4 N–H and O–H groups in total. The molecule has 0 radical (unpaired) electrons. The summed E-state index contributed by atoms with van der Waals surface area (Å²) in [5.74, 6) is -1.35. The van der Waals surface area contributed by atoms with Gasteiger partial charge in [0.25, 0.3) is 0 Å². The minimum Gasteiger partial charge on any atom is -0.507 e. The summed E-state index contributed by atoms with van der Waals surface area (Å²) in [4.78, 5) is 11.0. The maximum absolute atomic E-state index is 11.0. The first-order valence-corrected chi connectivity index (χ1v) is 7.40. The van der Waals surface area contributed by atoms with E-state index < -0.39 is 5.97 Å². The Hall–Kier alpha value is -2.27. The van der Waals surface area contributed by atoms with Gasteiger partial charge in [-0.3, -0.25) is 0 Å². The number of nitrogens with two attached hydrogens (primary N) is 1. The van der Waals surface area contributed by atoms with Gasteiger partial charge >= 0.3 is 5.97 Å². The summed E-state index contributed by atoms with van der Waals surface area (Å²) in [6.45, 7) is 4.73. The molecule has 0 saturated carbocycles. The van der Waals surface area contributed by atoms with Crippen molar-refractivity contribution >= 4 is 5.97 Å². The second kappa shape index (κ2) is 6.66. The largest absolute Gasteiger partial charge is 0.507 e. The lowest BCUT2D eigenvalue weighted by molar-refractivity contribution is 0.0694. The Bertz CT molecular complexity index is 689. The molecule has 0 bridgehead atoms. The number of aromatic hydroxyl groups is 1. The van der Waals surface area contributed by atoms with E-state index in [1.54, 1.807) is 6.07 Å². The van der Waals surface area contributed by atoms with Crippen LogP contribution in [-0.4, -0.2) is 27.3 Å². The van der Waals surface area contributed by atoms with E-state index in [0.29, 0.717) is 6.54 Å². The summed E-state index contributed by atoms with van der Waals surface area (Å²) >= 11 is 0. The van der Waals surface area contributed by atoms with E-state index in [1.165, 1.54) is 17.7 Å². The topological polar surface area (TPSA) is 88.5 Å². The van der Waals surface area contributed by atoms with Gasteiger partial charge in [0.1, 0.15) is 11.3 Å². The van der Waals surface area contributed by atoms with Crippen molar-refractivity contribution in [2.24, 2.45) is 5.73 Å². The molecule has 0 unspecified atom stereocenters. The van der Waals surface area contributed by atoms with Crippen LogP contribution >= 0.6 is 0 Å². The number of hydrogen-bond donors (Lipinski definition) is 3. The molecule has 1 aromatic heterocycles. The Balaban J connectivity index is 2.36. The number of nitrogens with zero attached hydrogens (tertiary/aromatic N) is 1. The van der Waals surface area contributed by atoms with Crippen LogP contribution in [0.4, 0.5) is 0 Å². The van der Waals surface area contributed by atoms with Crippen LogP contribution in [0.25, 0.3) is 5.69 Å². The molecule has 0 aliphatic rings. The normalized spacial score (nSPS) is 10.9. The molecular weight excluding hydrogens is 280 g/mol. The van der Waals surface area contributed by atoms with Gasteiger partial charge in [-0.1, -0.05) is 0 Å². The zero-order valence-corrected chi connectivity index (χ0v) is 13.0. The smallest absolute Gasteiger partial charge is 0.339 e. The van der Waals surface area contributed by atoms with Gasteiger partial charge in [-0.25, -0.2) is 4.79 Å². The summed E-state index contributed by atoms with van der Waals surface area (Å²) in [5.41, 5.74) is 9.63. The molecule has 1 heterocycles.